The molecule has 2 unspecified atom stereocenters. The number of aliphatic imine (C=N–C) groups is 2. The summed E-state index contributed by atoms with van der Waals surface area (Å²) < 4.78 is 47.4. The van der Waals surface area contributed by atoms with Gasteiger partial charge in [0.05, 0.1) is 26.4 Å². The minimum Gasteiger partial charge on any atom is -0.307 e. The molecule has 0 saturated carbocycles. The van der Waals surface area contributed by atoms with Crippen LogP contribution in [0.2, 0.25) is 0 Å². The smallest absolute Gasteiger partial charge is 0.307 e. The summed E-state index contributed by atoms with van der Waals surface area (Å²) in [6, 6.07) is 0. The van der Waals surface area contributed by atoms with Gasteiger partial charge in [0.2, 0.25) is 0 Å². The van der Waals surface area contributed by atoms with Crippen molar-refractivity contribution in [2.45, 2.75) is 53.1 Å². The van der Waals surface area contributed by atoms with Crippen LogP contribution in [0, 0.1) is 0 Å². The van der Waals surface area contributed by atoms with E-state index in [0.29, 0.717) is 11.4 Å². The van der Waals surface area contributed by atoms with Crippen molar-refractivity contribution in [1.29, 1.82) is 0 Å². The number of nitrogens with zero attached hydrogens (tertiary/aromatic N) is 2. The van der Waals surface area contributed by atoms with Crippen LogP contribution in [-0.4, -0.2) is 49.4 Å². The summed E-state index contributed by atoms with van der Waals surface area (Å²) in [6.07, 6.45) is 0. The highest BCUT2D eigenvalue weighted by atomic mass is 31.2. The second-order valence-corrected chi connectivity index (χ2v) is 9.21. The second kappa shape index (κ2) is 9.37. The van der Waals surface area contributed by atoms with Crippen LogP contribution in [0.15, 0.2) is 9.98 Å². The van der Waals surface area contributed by atoms with Crippen LogP contribution in [0.4, 0.5) is 0 Å². The molecule has 1 heterocycles. The van der Waals surface area contributed by atoms with Gasteiger partial charge < -0.3 is 18.1 Å². The summed E-state index contributed by atoms with van der Waals surface area (Å²) in [7, 11) is -6.97. The maximum atomic E-state index is 13.0. The highest BCUT2D eigenvalue weighted by Gasteiger charge is 2.45. The van der Waals surface area contributed by atoms with Crippen molar-refractivity contribution in [2.75, 3.05) is 26.4 Å². The maximum absolute atomic E-state index is 13.0. The van der Waals surface area contributed by atoms with E-state index >= 15 is 0 Å². The van der Waals surface area contributed by atoms with Crippen LogP contribution in [0.5, 0.6) is 0 Å². The molecule has 0 radical (unpaired) electrons. The third kappa shape index (κ3) is 4.84. The fraction of sp³-hybridized carbons (Fsp3) is 0.857. The average molecular weight is 382 g/mol. The van der Waals surface area contributed by atoms with Crippen LogP contribution < -0.4 is 0 Å². The Labute approximate surface area is 144 Å². The van der Waals surface area contributed by atoms with Crippen molar-refractivity contribution in [3.05, 3.63) is 0 Å². The molecule has 140 valence electrons. The SMILES string of the molecule is CCOP(=O)(OCC)C1N=C(C)C(P(=O)(OCC)OCC)N=C1C. The van der Waals surface area contributed by atoms with Gasteiger partial charge in [0.15, 0.2) is 11.6 Å². The molecule has 1 aliphatic heterocycles. The zero-order valence-electron chi connectivity index (χ0n) is 15.2. The van der Waals surface area contributed by atoms with E-state index in [9.17, 15) is 9.13 Å². The van der Waals surface area contributed by atoms with Gasteiger partial charge >= 0.3 is 15.2 Å². The molecule has 0 aromatic carbocycles. The van der Waals surface area contributed by atoms with Crippen LogP contribution >= 0.6 is 15.2 Å². The fourth-order valence-electron chi connectivity index (χ4n) is 2.38. The first-order valence-electron chi connectivity index (χ1n) is 8.14. The highest BCUT2D eigenvalue weighted by Crippen LogP contribution is 2.58. The molecule has 0 N–H and O–H groups in total. The number of rotatable bonds is 10. The van der Waals surface area contributed by atoms with Gasteiger partial charge in [-0.05, 0) is 41.5 Å². The summed E-state index contributed by atoms with van der Waals surface area (Å²) in [5.74, 6) is -1.68. The van der Waals surface area contributed by atoms with E-state index in [4.69, 9.17) is 18.1 Å². The molecule has 0 saturated heterocycles. The van der Waals surface area contributed by atoms with E-state index in [1.807, 2.05) is 0 Å². The molecule has 1 rings (SSSR count). The molecular weight excluding hydrogens is 354 g/mol. The van der Waals surface area contributed by atoms with E-state index < -0.39 is 26.8 Å². The third-order valence-electron chi connectivity index (χ3n) is 3.23. The Morgan fingerprint density at radius 3 is 1.17 bits per heavy atom. The predicted octanol–water partition coefficient (Wildman–Crippen LogP) is 4.11. The van der Waals surface area contributed by atoms with Gasteiger partial charge in [0.1, 0.15) is 0 Å². The van der Waals surface area contributed by atoms with E-state index in [1.165, 1.54) is 0 Å². The van der Waals surface area contributed by atoms with Crippen molar-refractivity contribution in [3.8, 4) is 0 Å². The molecule has 1 aliphatic rings. The molecule has 0 spiro atoms. The largest absolute Gasteiger partial charge is 0.360 e. The summed E-state index contributed by atoms with van der Waals surface area (Å²) in [4.78, 5) is 8.85. The Hall–Kier alpha value is -0.360. The first kappa shape index (κ1) is 21.7. The van der Waals surface area contributed by atoms with Crippen LogP contribution in [0.3, 0.4) is 0 Å². The fourth-order valence-corrected chi connectivity index (χ4v) is 6.23. The van der Waals surface area contributed by atoms with E-state index in [-0.39, 0.29) is 26.4 Å². The molecule has 24 heavy (non-hydrogen) atoms. The topological polar surface area (TPSA) is 95.8 Å². The lowest BCUT2D eigenvalue weighted by atomic mass is 10.3. The monoisotopic (exact) mass is 382 g/mol. The lowest BCUT2D eigenvalue weighted by Crippen LogP contribution is -2.32. The lowest BCUT2D eigenvalue weighted by Gasteiger charge is -2.31. The minimum absolute atomic E-state index is 0.232. The predicted molar refractivity (Wildman–Crippen MR) is 95.5 cm³/mol. The molecule has 0 aromatic heterocycles. The van der Waals surface area contributed by atoms with E-state index in [0.717, 1.165) is 0 Å². The Kier molecular flexibility index (Phi) is 8.46. The molecule has 10 heteroatoms. The molecular formula is C14H28N2O6P2. The van der Waals surface area contributed by atoms with Crippen LogP contribution in [-0.2, 0) is 27.2 Å². The van der Waals surface area contributed by atoms with E-state index in [2.05, 4.69) is 9.98 Å². The van der Waals surface area contributed by atoms with Gasteiger partial charge in [-0.1, -0.05) is 0 Å². The van der Waals surface area contributed by atoms with Crippen LogP contribution in [0.25, 0.3) is 0 Å². The molecule has 0 aliphatic carbocycles. The van der Waals surface area contributed by atoms with Gasteiger partial charge in [0, 0.05) is 11.4 Å². The van der Waals surface area contributed by atoms with Gasteiger partial charge in [0.25, 0.3) is 0 Å². The molecule has 0 aromatic rings. The summed E-state index contributed by atoms with van der Waals surface area (Å²) in [5, 5.41) is 0. The standard InChI is InChI=1S/C14H28N2O6P2/c1-7-19-23(17,20-8-2)13-11(5)16-14(12(6)15-13)24(18,21-9-3)22-10-4/h13-14H,7-10H2,1-6H3. The zero-order chi connectivity index (χ0) is 18.4. The normalized spacial score (nSPS) is 22.2. The first-order valence-corrected chi connectivity index (χ1v) is 11.4. The zero-order valence-corrected chi connectivity index (χ0v) is 17.0. The van der Waals surface area contributed by atoms with Gasteiger partial charge in [-0.15, -0.1) is 0 Å². The Morgan fingerprint density at radius 1 is 0.708 bits per heavy atom. The Morgan fingerprint density at radius 2 is 0.958 bits per heavy atom. The summed E-state index contributed by atoms with van der Waals surface area (Å²) >= 11 is 0. The van der Waals surface area contributed by atoms with Crippen LogP contribution in [0.1, 0.15) is 41.5 Å². The minimum atomic E-state index is -3.49. The molecule has 0 bridgehead atoms. The molecule has 0 amide bonds. The molecule has 2 atom stereocenters. The first-order chi connectivity index (χ1) is 11.3. The van der Waals surface area contributed by atoms with E-state index in [1.54, 1.807) is 41.5 Å². The summed E-state index contributed by atoms with van der Waals surface area (Å²) in [5.41, 5.74) is 0.853. The van der Waals surface area contributed by atoms with Crippen molar-refractivity contribution in [2.24, 2.45) is 9.98 Å². The van der Waals surface area contributed by atoms with Gasteiger partial charge in [-0.25, -0.2) is 0 Å². The third-order valence-corrected chi connectivity index (χ3v) is 7.88. The second-order valence-electron chi connectivity index (χ2n) is 5.04. The highest BCUT2D eigenvalue weighted by molar-refractivity contribution is 7.56. The maximum Gasteiger partial charge on any atom is 0.360 e. The van der Waals surface area contributed by atoms with Crippen molar-refractivity contribution < 1.29 is 27.2 Å². The van der Waals surface area contributed by atoms with Gasteiger partial charge in [-0.3, -0.25) is 19.1 Å². The molecule has 0 fully saturated rings. The van der Waals surface area contributed by atoms with Crippen molar-refractivity contribution in [1.82, 2.24) is 0 Å². The summed E-state index contributed by atoms with van der Waals surface area (Å²) in [6.45, 7) is 11.2. The van der Waals surface area contributed by atoms with Gasteiger partial charge in [-0.2, -0.15) is 0 Å². The quantitative estimate of drug-likeness (QED) is 0.528. The Balaban J connectivity index is 3.21. The number of hydrogen-bond donors (Lipinski definition) is 0. The van der Waals surface area contributed by atoms with Crippen molar-refractivity contribution in [3.63, 3.8) is 0 Å². The Bertz CT molecular complexity index is 508. The number of hydrogen-bond acceptors (Lipinski definition) is 8. The average Bonchev–Trinajstić information content (AvgIpc) is 2.50. The van der Waals surface area contributed by atoms with Crippen molar-refractivity contribution >= 4 is 26.6 Å². The molecule has 8 nitrogen and oxygen atoms in total. The lowest BCUT2D eigenvalue weighted by molar-refractivity contribution is 0.213.